The Morgan fingerprint density at radius 1 is 1.25 bits per heavy atom. The molecule has 1 N–H and O–H groups in total. The fraction of sp³-hybridized carbons (Fsp3) is 0.632. The SMILES string of the molecule is COc1cc2c(cc1OC)C(=O)N(CCCC1CCCNC1)CC2. The highest BCUT2D eigenvalue weighted by atomic mass is 16.5. The molecule has 1 aromatic rings. The topological polar surface area (TPSA) is 50.8 Å². The van der Waals surface area contributed by atoms with E-state index in [4.69, 9.17) is 9.47 Å². The van der Waals surface area contributed by atoms with Crippen LogP contribution in [-0.2, 0) is 6.42 Å². The maximum absolute atomic E-state index is 12.8. The summed E-state index contributed by atoms with van der Waals surface area (Å²) in [5.74, 6) is 2.22. The minimum Gasteiger partial charge on any atom is -0.493 e. The predicted molar refractivity (Wildman–Crippen MR) is 94.0 cm³/mol. The molecule has 3 rings (SSSR count). The smallest absolute Gasteiger partial charge is 0.254 e. The molecule has 0 radical (unpaired) electrons. The van der Waals surface area contributed by atoms with Gasteiger partial charge in [-0.15, -0.1) is 0 Å². The zero-order valence-electron chi connectivity index (χ0n) is 14.8. The largest absolute Gasteiger partial charge is 0.493 e. The first-order valence-electron chi connectivity index (χ1n) is 8.98. The Bertz CT molecular complexity index is 582. The van der Waals surface area contributed by atoms with Crippen molar-refractivity contribution in [2.45, 2.75) is 32.1 Å². The average Bonchev–Trinajstić information content (AvgIpc) is 2.63. The first-order valence-corrected chi connectivity index (χ1v) is 8.98. The van der Waals surface area contributed by atoms with Crippen LogP contribution in [0.2, 0.25) is 0 Å². The highest BCUT2D eigenvalue weighted by molar-refractivity contribution is 5.97. The van der Waals surface area contributed by atoms with Gasteiger partial charge in [0.05, 0.1) is 14.2 Å². The summed E-state index contributed by atoms with van der Waals surface area (Å²) in [6, 6.07) is 3.77. The number of carbonyl (C=O) groups is 1. The molecule has 1 saturated heterocycles. The van der Waals surface area contributed by atoms with Gasteiger partial charge in [0.1, 0.15) is 0 Å². The molecule has 24 heavy (non-hydrogen) atoms. The average molecular weight is 332 g/mol. The zero-order chi connectivity index (χ0) is 16.9. The van der Waals surface area contributed by atoms with E-state index in [0.29, 0.717) is 11.5 Å². The third kappa shape index (κ3) is 3.66. The van der Waals surface area contributed by atoms with Crippen LogP contribution < -0.4 is 14.8 Å². The lowest BCUT2D eigenvalue weighted by Gasteiger charge is -2.30. The third-order valence-electron chi connectivity index (χ3n) is 5.22. The third-order valence-corrected chi connectivity index (χ3v) is 5.22. The summed E-state index contributed by atoms with van der Waals surface area (Å²) in [4.78, 5) is 14.8. The van der Waals surface area contributed by atoms with Crippen LogP contribution in [0.25, 0.3) is 0 Å². The van der Waals surface area contributed by atoms with Crippen molar-refractivity contribution >= 4 is 5.91 Å². The van der Waals surface area contributed by atoms with E-state index in [9.17, 15) is 4.79 Å². The number of piperidine rings is 1. The molecular weight excluding hydrogens is 304 g/mol. The molecule has 0 aromatic heterocycles. The Morgan fingerprint density at radius 2 is 2.04 bits per heavy atom. The number of nitrogens with zero attached hydrogens (tertiary/aromatic N) is 1. The predicted octanol–water partition coefficient (Wildman–Crippen LogP) is 2.48. The molecule has 1 atom stereocenters. The molecule has 5 nitrogen and oxygen atoms in total. The van der Waals surface area contributed by atoms with Gasteiger partial charge in [-0.2, -0.15) is 0 Å². The first kappa shape index (κ1) is 17.1. The van der Waals surface area contributed by atoms with E-state index in [0.717, 1.165) is 56.1 Å². The van der Waals surface area contributed by atoms with Gasteiger partial charge in [0, 0.05) is 18.7 Å². The van der Waals surface area contributed by atoms with Crippen molar-refractivity contribution in [2.24, 2.45) is 5.92 Å². The number of ether oxygens (including phenoxy) is 2. The standard InChI is InChI=1S/C19H28N2O3/c1-23-17-11-15-7-10-21(19(22)16(15)12-18(17)24-2)9-4-6-14-5-3-8-20-13-14/h11-12,14,20H,3-10,13H2,1-2H3. The van der Waals surface area contributed by atoms with Crippen molar-refractivity contribution in [3.05, 3.63) is 23.3 Å². The van der Waals surface area contributed by atoms with E-state index >= 15 is 0 Å². The molecule has 1 unspecified atom stereocenters. The summed E-state index contributed by atoms with van der Waals surface area (Å²) in [5.41, 5.74) is 1.82. The molecular formula is C19H28N2O3. The maximum atomic E-state index is 12.8. The van der Waals surface area contributed by atoms with E-state index in [1.807, 2.05) is 17.0 Å². The lowest BCUT2D eigenvalue weighted by Crippen LogP contribution is -2.38. The normalized spacial score (nSPS) is 20.7. The Kier molecular flexibility index (Phi) is 5.61. The number of hydrogen-bond donors (Lipinski definition) is 1. The van der Waals surface area contributed by atoms with Crippen molar-refractivity contribution < 1.29 is 14.3 Å². The molecule has 2 aliphatic rings. The zero-order valence-corrected chi connectivity index (χ0v) is 14.8. The monoisotopic (exact) mass is 332 g/mol. The van der Waals surface area contributed by atoms with Gasteiger partial charge in [0.25, 0.3) is 5.91 Å². The fourth-order valence-electron chi connectivity index (χ4n) is 3.81. The number of hydrogen-bond acceptors (Lipinski definition) is 4. The number of benzene rings is 1. The van der Waals surface area contributed by atoms with Crippen molar-refractivity contribution in [3.63, 3.8) is 0 Å². The second-order valence-corrected chi connectivity index (χ2v) is 6.76. The van der Waals surface area contributed by atoms with Crippen molar-refractivity contribution in [1.82, 2.24) is 10.2 Å². The van der Waals surface area contributed by atoms with Crippen LogP contribution in [0.4, 0.5) is 0 Å². The van der Waals surface area contributed by atoms with Gasteiger partial charge in [-0.05, 0) is 68.8 Å². The lowest BCUT2D eigenvalue weighted by molar-refractivity contribution is 0.0733. The van der Waals surface area contributed by atoms with Crippen molar-refractivity contribution in [3.8, 4) is 11.5 Å². The maximum Gasteiger partial charge on any atom is 0.254 e. The van der Waals surface area contributed by atoms with Crippen LogP contribution in [0.1, 0.15) is 41.6 Å². The lowest BCUT2D eigenvalue weighted by atomic mass is 9.94. The molecule has 0 bridgehead atoms. The van der Waals surface area contributed by atoms with Crippen LogP contribution in [0.15, 0.2) is 12.1 Å². The first-order chi connectivity index (χ1) is 11.7. The summed E-state index contributed by atoms with van der Waals surface area (Å²) >= 11 is 0. The minimum absolute atomic E-state index is 0.124. The number of rotatable bonds is 6. The quantitative estimate of drug-likeness (QED) is 0.869. The van der Waals surface area contributed by atoms with Gasteiger partial charge in [-0.25, -0.2) is 0 Å². The van der Waals surface area contributed by atoms with Gasteiger partial charge in [0.15, 0.2) is 11.5 Å². The summed E-state index contributed by atoms with van der Waals surface area (Å²) in [6.07, 6.45) is 5.77. The van der Waals surface area contributed by atoms with E-state index < -0.39 is 0 Å². The Labute approximate surface area is 144 Å². The van der Waals surface area contributed by atoms with Crippen LogP contribution in [0, 0.1) is 5.92 Å². The fourth-order valence-corrected chi connectivity index (χ4v) is 3.81. The Hall–Kier alpha value is -1.75. The Morgan fingerprint density at radius 3 is 2.75 bits per heavy atom. The van der Waals surface area contributed by atoms with E-state index in [-0.39, 0.29) is 5.91 Å². The summed E-state index contributed by atoms with van der Waals surface area (Å²) < 4.78 is 10.7. The second-order valence-electron chi connectivity index (χ2n) is 6.76. The molecule has 1 fully saturated rings. The van der Waals surface area contributed by atoms with Gasteiger partial charge in [-0.1, -0.05) is 0 Å². The molecule has 0 spiro atoms. The molecule has 0 saturated carbocycles. The summed E-state index contributed by atoms with van der Waals surface area (Å²) in [5, 5.41) is 3.46. The highest BCUT2D eigenvalue weighted by Crippen LogP contribution is 2.33. The van der Waals surface area contributed by atoms with E-state index in [1.165, 1.54) is 19.3 Å². The van der Waals surface area contributed by atoms with Crippen molar-refractivity contribution in [2.75, 3.05) is 40.4 Å². The van der Waals surface area contributed by atoms with E-state index in [1.54, 1.807) is 14.2 Å². The van der Waals surface area contributed by atoms with Crippen LogP contribution in [0.5, 0.6) is 11.5 Å². The number of nitrogens with one attached hydrogen (secondary N) is 1. The summed E-state index contributed by atoms with van der Waals surface area (Å²) in [6.45, 7) is 3.93. The molecule has 132 valence electrons. The Balaban J connectivity index is 1.61. The number of amides is 1. The number of methoxy groups -OCH3 is 2. The van der Waals surface area contributed by atoms with E-state index in [2.05, 4.69) is 5.32 Å². The molecule has 1 aromatic carbocycles. The highest BCUT2D eigenvalue weighted by Gasteiger charge is 2.26. The van der Waals surface area contributed by atoms with Crippen LogP contribution >= 0.6 is 0 Å². The second kappa shape index (κ2) is 7.88. The molecule has 2 aliphatic heterocycles. The van der Waals surface area contributed by atoms with Crippen molar-refractivity contribution in [1.29, 1.82) is 0 Å². The van der Waals surface area contributed by atoms with Gasteiger partial charge in [-0.3, -0.25) is 4.79 Å². The van der Waals surface area contributed by atoms with Gasteiger partial charge >= 0.3 is 0 Å². The summed E-state index contributed by atoms with van der Waals surface area (Å²) in [7, 11) is 3.23. The van der Waals surface area contributed by atoms with Gasteiger partial charge in [0.2, 0.25) is 0 Å². The van der Waals surface area contributed by atoms with Gasteiger partial charge < -0.3 is 19.7 Å². The molecule has 1 amide bonds. The van der Waals surface area contributed by atoms with Crippen LogP contribution in [0.3, 0.4) is 0 Å². The number of fused-ring (bicyclic) bond motifs is 1. The number of carbonyl (C=O) groups excluding carboxylic acids is 1. The molecule has 5 heteroatoms. The minimum atomic E-state index is 0.124. The molecule has 2 heterocycles. The van der Waals surface area contributed by atoms with Crippen LogP contribution in [-0.4, -0.2) is 51.2 Å². The molecule has 0 aliphatic carbocycles.